The fourth-order valence-corrected chi connectivity index (χ4v) is 4.35. The maximum atomic E-state index is 12.8. The molecule has 6 nitrogen and oxygen atoms in total. The van der Waals surface area contributed by atoms with E-state index in [1.165, 1.54) is 11.3 Å². The van der Waals surface area contributed by atoms with Gasteiger partial charge in [0.1, 0.15) is 4.88 Å². The lowest BCUT2D eigenvalue weighted by Crippen LogP contribution is -2.39. The molecule has 1 unspecified atom stereocenters. The van der Waals surface area contributed by atoms with Gasteiger partial charge in [0.05, 0.1) is 12.3 Å². The summed E-state index contributed by atoms with van der Waals surface area (Å²) in [6, 6.07) is 9.03. The molecule has 0 saturated carbocycles. The number of piperidine rings is 1. The standard InChI is InChI=1S/C20H19ClN4O2S/c21-15-4-2-13(3-5-15)17(26)14-6-10-25(11-7-14)20(27)16-12-24-19(28-16)18-22-8-1-9-23-18/h1-5,8-9,12,14,17,26H,6-7,10-11H2. The van der Waals surface area contributed by atoms with Crippen LogP contribution in [0.5, 0.6) is 0 Å². The minimum Gasteiger partial charge on any atom is -0.388 e. The number of benzene rings is 1. The predicted molar refractivity (Wildman–Crippen MR) is 108 cm³/mol. The summed E-state index contributed by atoms with van der Waals surface area (Å²) >= 11 is 7.22. The van der Waals surface area contributed by atoms with E-state index in [1.807, 2.05) is 17.0 Å². The van der Waals surface area contributed by atoms with Crippen LogP contribution in [0.4, 0.5) is 0 Å². The highest BCUT2D eigenvalue weighted by molar-refractivity contribution is 7.16. The molecule has 1 fully saturated rings. The Balaban J connectivity index is 1.38. The van der Waals surface area contributed by atoms with E-state index >= 15 is 0 Å². The first kappa shape index (κ1) is 19.0. The van der Waals surface area contributed by atoms with Gasteiger partial charge >= 0.3 is 0 Å². The molecule has 1 N–H and O–H groups in total. The average Bonchev–Trinajstić information content (AvgIpc) is 3.24. The zero-order valence-electron chi connectivity index (χ0n) is 15.0. The molecule has 0 spiro atoms. The van der Waals surface area contributed by atoms with E-state index in [4.69, 9.17) is 11.6 Å². The van der Waals surface area contributed by atoms with E-state index in [9.17, 15) is 9.90 Å². The predicted octanol–water partition coefficient (Wildman–Crippen LogP) is 3.84. The zero-order valence-corrected chi connectivity index (χ0v) is 16.6. The Kier molecular flexibility index (Phi) is 5.66. The highest BCUT2D eigenvalue weighted by atomic mass is 35.5. The van der Waals surface area contributed by atoms with Crippen molar-refractivity contribution in [3.05, 3.63) is 64.4 Å². The van der Waals surface area contributed by atoms with Gasteiger partial charge in [0, 0.05) is 30.5 Å². The first-order valence-electron chi connectivity index (χ1n) is 9.08. The van der Waals surface area contributed by atoms with E-state index in [1.54, 1.807) is 36.8 Å². The molecule has 8 heteroatoms. The Labute approximate surface area is 171 Å². The second-order valence-electron chi connectivity index (χ2n) is 6.73. The number of likely N-dealkylation sites (tertiary alicyclic amines) is 1. The van der Waals surface area contributed by atoms with Crippen molar-refractivity contribution in [1.82, 2.24) is 19.9 Å². The highest BCUT2D eigenvalue weighted by Crippen LogP contribution is 2.32. The fourth-order valence-electron chi connectivity index (χ4n) is 3.39. The number of thiazole rings is 1. The number of amides is 1. The summed E-state index contributed by atoms with van der Waals surface area (Å²) in [5.74, 6) is 0.621. The van der Waals surface area contributed by atoms with Crippen LogP contribution in [-0.2, 0) is 0 Å². The first-order valence-corrected chi connectivity index (χ1v) is 10.3. The molecule has 0 aliphatic carbocycles. The Bertz CT molecular complexity index is 940. The van der Waals surface area contributed by atoms with Crippen LogP contribution in [0.1, 0.15) is 34.2 Å². The molecule has 0 bridgehead atoms. The lowest BCUT2D eigenvalue weighted by Gasteiger charge is -2.34. The molecule has 1 amide bonds. The van der Waals surface area contributed by atoms with Crippen molar-refractivity contribution in [2.75, 3.05) is 13.1 Å². The lowest BCUT2D eigenvalue weighted by atomic mass is 9.87. The summed E-state index contributed by atoms with van der Waals surface area (Å²) in [6.07, 6.45) is 5.86. The molecule has 0 radical (unpaired) electrons. The Morgan fingerprint density at radius 3 is 2.50 bits per heavy atom. The summed E-state index contributed by atoms with van der Waals surface area (Å²) in [7, 11) is 0. The molecule has 2 aromatic heterocycles. The van der Waals surface area contributed by atoms with Gasteiger partial charge in [-0.3, -0.25) is 4.79 Å². The third kappa shape index (κ3) is 4.06. The van der Waals surface area contributed by atoms with Crippen molar-refractivity contribution in [1.29, 1.82) is 0 Å². The summed E-state index contributed by atoms with van der Waals surface area (Å²) in [6.45, 7) is 1.23. The van der Waals surface area contributed by atoms with Crippen molar-refractivity contribution in [2.45, 2.75) is 18.9 Å². The Morgan fingerprint density at radius 2 is 1.82 bits per heavy atom. The van der Waals surface area contributed by atoms with Gasteiger partial charge in [-0.1, -0.05) is 23.7 Å². The van der Waals surface area contributed by atoms with Gasteiger partial charge in [0.25, 0.3) is 5.91 Å². The Morgan fingerprint density at radius 1 is 1.14 bits per heavy atom. The number of aromatic nitrogens is 3. The van der Waals surface area contributed by atoms with Crippen LogP contribution in [-0.4, -0.2) is 44.0 Å². The third-order valence-corrected chi connectivity index (χ3v) is 6.19. The molecule has 4 rings (SSSR count). The smallest absolute Gasteiger partial charge is 0.265 e. The minimum atomic E-state index is -0.542. The highest BCUT2D eigenvalue weighted by Gasteiger charge is 2.29. The van der Waals surface area contributed by atoms with Crippen LogP contribution in [0.3, 0.4) is 0 Å². The maximum absolute atomic E-state index is 12.8. The topological polar surface area (TPSA) is 79.2 Å². The zero-order chi connectivity index (χ0) is 19.5. The van der Waals surface area contributed by atoms with Gasteiger partial charge in [-0.25, -0.2) is 15.0 Å². The van der Waals surface area contributed by atoms with Gasteiger partial charge in [0.15, 0.2) is 10.8 Å². The van der Waals surface area contributed by atoms with E-state index in [2.05, 4.69) is 15.0 Å². The number of halogens is 1. The summed E-state index contributed by atoms with van der Waals surface area (Å²) in [5, 5.41) is 11.9. The van der Waals surface area contributed by atoms with Gasteiger partial charge in [-0.2, -0.15) is 0 Å². The van der Waals surface area contributed by atoms with Gasteiger partial charge in [-0.05, 0) is 42.5 Å². The second-order valence-corrected chi connectivity index (χ2v) is 8.20. The van der Waals surface area contributed by atoms with Crippen LogP contribution in [0, 0.1) is 5.92 Å². The monoisotopic (exact) mass is 414 g/mol. The van der Waals surface area contributed by atoms with Gasteiger partial charge < -0.3 is 10.0 Å². The van der Waals surface area contributed by atoms with Crippen LogP contribution in [0.25, 0.3) is 10.8 Å². The fraction of sp³-hybridized carbons (Fsp3) is 0.300. The van der Waals surface area contributed by atoms with E-state index in [0.29, 0.717) is 33.8 Å². The van der Waals surface area contributed by atoms with Crippen molar-refractivity contribution < 1.29 is 9.90 Å². The van der Waals surface area contributed by atoms with Gasteiger partial charge in [-0.15, -0.1) is 11.3 Å². The molecular formula is C20H19ClN4O2S. The molecule has 1 aliphatic heterocycles. The molecule has 1 atom stereocenters. The van der Waals surface area contributed by atoms with E-state index < -0.39 is 6.10 Å². The van der Waals surface area contributed by atoms with Crippen molar-refractivity contribution >= 4 is 28.8 Å². The average molecular weight is 415 g/mol. The number of hydrogen-bond donors (Lipinski definition) is 1. The Hall–Kier alpha value is -2.35. The van der Waals surface area contributed by atoms with Crippen molar-refractivity contribution in [2.24, 2.45) is 5.92 Å². The van der Waals surface area contributed by atoms with Crippen molar-refractivity contribution in [3.63, 3.8) is 0 Å². The number of carbonyl (C=O) groups excluding carboxylic acids is 1. The SMILES string of the molecule is O=C(c1cnc(-c2ncccn2)s1)N1CCC(C(O)c2ccc(Cl)cc2)CC1. The molecule has 3 heterocycles. The number of carbonyl (C=O) groups is 1. The molecule has 1 aliphatic rings. The number of nitrogens with zero attached hydrogens (tertiary/aromatic N) is 4. The van der Waals surface area contributed by atoms with Crippen LogP contribution in [0.2, 0.25) is 5.02 Å². The normalized spacial score (nSPS) is 16.1. The molecule has 1 saturated heterocycles. The van der Waals surface area contributed by atoms with Crippen molar-refractivity contribution in [3.8, 4) is 10.8 Å². The third-order valence-electron chi connectivity index (χ3n) is 4.96. The summed E-state index contributed by atoms with van der Waals surface area (Å²) in [4.78, 5) is 27.9. The number of rotatable bonds is 4. The van der Waals surface area contributed by atoms with Crippen LogP contribution < -0.4 is 0 Å². The molecular weight excluding hydrogens is 396 g/mol. The quantitative estimate of drug-likeness (QED) is 0.701. The minimum absolute atomic E-state index is 0.0286. The van der Waals surface area contributed by atoms with E-state index in [-0.39, 0.29) is 11.8 Å². The lowest BCUT2D eigenvalue weighted by molar-refractivity contribution is 0.0465. The van der Waals surface area contributed by atoms with Crippen LogP contribution >= 0.6 is 22.9 Å². The molecule has 3 aromatic rings. The molecule has 28 heavy (non-hydrogen) atoms. The first-order chi connectivity index (χ1) is 13.6. The molecule has 1 aromatic carbocycles. The van der Waals surface area contributed by atoms with Gasteiger partial charge in [0.2, 0.25) is 0 Å². The van der Waals surface area contributed by atoms with Crippen LogP contribution in [0.15, 0.2) is 48.9 Å². The number of hydrogen-bond acceptors (Lipinski definition) is 6. The molecule has 144 valence electrons. The number of aliphatic hydroxyl groups excluding tert-OH is 1. The van der Waals surface area contributed by atoms with E-state index in [0.717, 1.165) is 18.4 Å². The largest absolute Gasteiger partial charge is 0.388 e. The summed E-state index contributed by atoms with van der Waals surface area (Å²) < 4.78 is 0. The second kappa shape index (κ2) is 8.34. The maximum Gasteiger partial charge on any atom is 0.265 e. The number of aliphatic hydroxyl groups is 1. The summed E-state index contributed by atoms with van der Waals surface area (Å²) in [5.41, 5.74) is 0.865.